The second-order valence-electron chi connectivity index (χ2n) is 6.61. The minimum atomic E-state index is -0.328. The number of halogens is 1. The number of amides is 1. The molecule has 1 saturated heterocycles. The number of aryl methyl sites for hydroxylation is 1. The summed E-state index contributed by atoms with van der Waals surface area (Å²) in [5.74, 6) is -0.422. The number of benzene rings is 2. The molecule has 26 heavy (non-hydrogen) atoms. The van der Waals surface area contributed by atoms with Crippen molar-refractivity contribution in [2.45, 2.75) is 13.5 Å². The number of nitrogens with zero attached hydrogens (tertiary/aromatic N) is 3. The summed E-state index contributed by atoms with van der Waals surface area (Å²) in [4.78, 5) is 21.4. The van der Waals surface area contributed by atoms with Gasteiger partial charge in [0.05, 0.1) is 16.8 Å². The lowest BCUT2D eigenvalue weighted by Gasteiger charge is -2.34. The smallest absolute Gasteiger partial charge is 0.254 e. The third-order valence-electron chi connectivity index (χ3n) is 4.78. The van der Waals surface area contributed by atoms with Gasteiger partial charge in [0.2, 0.25) is 0 Å². The van der Waals surface area contributed by atoms with Crippen molar-refractivity contribution in [2.75, 3.05) is 26.2 Å². The molecule has 1 fully saturated rings. The average Bonchev–Trinajstić information content (AvgIpc) is 3.06. The molecule has 3 aromatic rings. The van der Waals surface area contributed by atoms with Crippen LogP contribution in [0.25, 0.3) is 10.2 Å². The highest BCUT2D eigenvalue weighted by Gasteiger charge is 2.23. The third-order valence-corrected chi connectivity index (χ3v) is 5.80. The Morgan fingerprint density at radius 1 is 1.15 bits per heavy atom. The predicted octanol–water partition coefficient (Wildman–Crippen LogP) is 3.70. The first-order valence-corrected chi connectivity index (χ1v) is 9.54. The number of carbonyl (C=O) groups excluding carboxylic acids is 1. The maximum Gasteiger partial charge on any atom is 0.254 e. The van der Waals surface area contributed by atoms with E-state index in [9.17, 15) is 9.18 Å². The molecule has 1 aromatic heterocycles. The van der Waals surface area contributed by atoms with Crippen LogP contribution >= 0.6 is 11.3 Å². The molecule has 134 valence electrons. The zero-order valence-electron chi connectivity index (χ0n) is 14.6. The van der Waals surface area contributed by atoms with Crippen LogP contribution in [0.4, 0.5) is 4.39 Å². The average molecular weight is 369 g/mol. The highest BCUT2D eigenvalue weighted by atomic mass is 32.1. The number of carbonyl (C=O) groups is 1. The number of piperazine rings is 1. The zero-order valence-corrected chi connectivity index (χ0v) is 15.4. The van der Waals surface area contributed by atoms with Gasteiger partial charge in [0.25, 0.3) is 5.91 Å². The first kappa shape index (κ1) is 17.1. The molecule has 1 amide bonds. The highest BCUT2D eigenvalue weighted by molar-refractivity contribution is 7.18. The van der Waals surface area contributed by atoms with Crippen LogP contribution in [-0.2, 0) is 6.54 Å². The van der Waals surface area contributed by atoms with E-state index in [0.29, 0.717) is 24.2 Å². The molecule has 2 heterocycles. The predicted molar refractivity (Wildman–Crippen MR) is 102 cm³/mol. The molecular weight excluding hydrogens is 349 g/mol. The Balaban J connectivity index is 1.37. The van der Waals surface area contributed by atoms with Crippen LogP contribution in [0, 0.1) is 12.7 Å². The Labute approximate surface area is 155 Å². The van der Waals surface area contributed by atoms with Crippen molar-refractivity contribution in [3.63, 3.8) is 0 Å². The van der Waals surface area contributed by atoms with E-state index in [0.717, 1.165) is 30.2 Å². The maximum atomic E-state index is 13.7. The van der Waals surface area contributed by atoms with Crippen molar-refractivity contribution in [2.24, 2.45) is 0 Å². The molecule has 0 saturated carbocycles. The molecule has 0 bridgehead atoms. The van der Waals surface area contributed by atoms with Gasteiger partial charge in [-0.2, -0.15) is 0 Å². The third kappa shape index (κ3) is 3.48. The summed E-state index contributed by atoms with van der Waals surface area (Å²) in [6.07, 6.45) is 0. The van der Waals surface area contributed by atoms with Gasteiger partial charge in [-0.1, -0.05) is 18.2 Å². The summed E-state index contributed by atoms with van der Waals surface area (Å²) >= 11 is 1.72. The Morgan fingerprint density at radius 2 is 1.92 bits per heavy atom. The van der Waals surface area contributed by atoms with Gasteiger partial charge < -0.3 is 4.90 Å². The minimum Gasteiger partial charge on any atom is -0.336 e. The fraction of sp³-hybridized carbons (Fsp3) is 0.300. The molecule has 0 radical (unpaired) electrons. The van der Waals surface area contributed by atoms with Crippen molar-refractivity contribution >= 4 is 27.5 Å². The summed E-state index contributed by atoms with van der Waals surface area (Å²) in [5.41, 5.74) is 2.03. The van der Waals surface area contributed by atoms with Gasteiger partial charge in [-0.15, -0.1) is 11.3 Å². The normalized spacial score (nSPS) is 15.5. The van der Waals surface area contributed by atoms with Gasteiger partial charge in [-0.05, 0) is 36.8 Å². The van der Waals surface area contributed by atoms with E-state index in [1.165, 1.54) is 10.8 Å². The molecule has 0 unspecified atom stereocenters. The maximum absolute atomic E-state index is 13.7. The van der Waals surface area contributed by atoms with Crippen molar-refractivity contribution in [3.05, 3.63) is 64.4 Å². The topological polar surface area (TPSA) is 36.4 Å². The van der Waals surface area contributed by atoms with Gasteiger partial charge >= 0.3 is 0 Å². The van der Waals surface area contributed by atoms with Crippen molar-refractivity contribution in [3.8, 4) is 0 Å². The van der Waals surface area contributed by atoms with Crippen LogP contribution in [0.5, 0.6) is 0 Å². The SMILES string of the molecule is Cc1ccc(C(=O)N2CCN(Cc3nc4ccccc4s3)CC2)cc1F. The lowest BCUT2D eigenvalue weighted by molar-refractivity contribution is 0.0628. The van der Waals surface area contributed by atoms with Crippen LogP contribution in [-0.4, -0.2) is 46.9 Å². The van der Waals surface area contributed by atoms with Crippen LogP contribution in [0.1, 0.15) is 20.9 Å². The molecule has 0 atom stereocenters. The molecule has 0 aliphatic carbocycles. The van der Waals surface area contributed by atoms with E-state index in [1.54, 1.807) is 35.3 Å². The van der Waals surface area contributed by atoms with E-state index in [1.807, 2.05) is 18.2 Å². The molecule has 4 nitrogen and oxygen atoms in total. The number of hydrogen-bond acceptors (Lipinski definition) is 4. The molecule has 2 aromatic carbocycles. The molecule has 1 aliphatic rings. The van der Waals surface area contributed by atoms with E-state index in [4.69, 9.17) is 0 Å². The lowest BCUT2D eigenvalue weighted by atomic mass is 10.1. The fourth-order valence-corrected chi connectivity index (χ4v) is 4.21. The van der Waals surface area contributed by atoms with Gasteiger partial charge in [-0.3, -0.25) is 9.69 Å². The van der Waals surface area contributed by atoms with Crippen molar-refractivity contribution < 1.29 is 9.18 Å². The number of para-hydroxylation sites is 1. The largest absolute Gasteiger partial charge is 0.336 e. The van der Waals surface area contributed by atoms with E-state index >= 15 is 0 Å². The summed E-state index contributed by atoms with van der Waals surface area (Å²) in [6.45, 7) is 5.41. The molecular formula is C20H20FN3OS. The lowest BCUT2D eigenvalue weighted by Crippen LogP contribution is -2.48. The molecule has 0 N–H and O–H groups in total. The number of rotatable bonds is 3. The monoisotopic (exact) mass is 369 g/mol. The van der Waals surface area contributed by atoms with Gasteiger partial charge in [0.15, 0.2) is 0 Å². The van der Waals surface area contributed by atoms with Crippen LogP contribution < -0.4 is 0 Å². The first-order valence-electron chi connectivity index (χ1n) is 8.72. The Kier molecular flexibility index (Phi) is 4.70. The Morgan fingerprint density at radius 3 is 2.65 bits per heavy atom. The Bertz CT molecular complexity index is 914. The quantitative estimate of drug-likeness (QED) is 0.706. The van der Waals surface area contributed by atoms with E-state index in [2.05, 4.69) is 16.0 Å². The zero-order chi connectivity index (χ0) is 18.1. The highest BCUT2D eigenvalue weighted by Crippen LogP contribution is 2.23. The van der Waals surface area contributed by atoms with E-state index < -0.39 is 0 Å². The fourth-order valence-electron chi connectivity index (χ4n) is 3.20. The number of hydrogen-bond donors (Lipinski definition) is 0. The standard InChI is InChI=1S/C20H20FN3OS/c1-14-6-7-15(12-16(14)21)20(25)24-10-8-23(9-11-24)13-19-22-17-4-2-3-5-18(17)26-19/h2-7,12H,8-11,13H2,1H3. The van der Waals surface area contributed by atoms with Gasteiger partial charge in [0.1, 0.15) is 10.8 Å². The number of fused-ring (bicyclic) bond motifs is 1. The molecule has 1 aliphatic heterocycles. The van der Waals surface area contributed by atoms with Gasteiger partial charge in [0, 0.05) is 31.7 Å². The second kappa shape index (κ2) is 7.13. The second-order valence-corrected chi connectivity index (χ2v) is 7.72. The number of aromatic nitrogens is 1. The summed E-state index contributed by atoms with van der Waals surface area (Å²) < 4.78 is 14.9. The number of thiazole rings is 1. The summed E-state index contributed by atoms with van der Waals surface area (Å²) in [6, 6.07) is 12.9. The van der Waals surface area contributed by atoms with E-state index in [-0.39, 0.29) is 11.7 Å². The molecule has 0 spiro atoms. The summed E-state index contributed by atoms with van der Waals surface area (Å²) in [5, 5.41) is 1.10. The van der Waals surface area contributed by atoms with Crippen molar-refractivity contribution in [1.82, 2.24) is 14.8 Å². The van der Waals surface area contributed by atoms with Gasteiger partial charge in [-0.25, -0.2) is 9.37 Å². The first-order chi connectivity index (χ1) is 12.6. The molecule has 6 heteroatoms. The van der Waals surface area contributed by atoms with Crippen LogP contribution in [0.2, 0.25) is 0 Å². The molecule has 4 rings (SSSR count). The van der Waals surface area contributed by atoms with Crippen LogP contribution in [0.15, 0.2) is 42.5 Å². The van der Waals surface area contributed by atoms with Crippen LogP contribution in [0.3, 0.4) is 0 Å². The summed E-state index contributed by atoms with van der Waals surface area (Å²) in [7, 11) is 0. The Hall–Kier alpha value is -2.31. The minimum absolute atomic E-state index is 0.0939. The van der Waals surface area contributed by atoms with Crippen molar-refractivity contribution in [1.29, 1.82) is 0 Å².